The molecule has 2 aromatic carbocycles. The van der Waals surface area contributed by atoms with Gasteiger partial charge in [-0.1, -0.05) is 30.4 Å². The van der Waals surface area contributed by atoms with Crippen molar-refractivity contribution < 1.29 is 13.0 Å². The van der Waals surface area contributed by atoms with E-state index in [-0.39, 0.29) is 4.90 Å². The molecule has 0 heterocycles. The summed E-state index contributed by atoms with van der Waals surface area (Å²) >= 11 is 0. The maximum absolute atomic E-state index is 11.5. The number of rotatable bonds is 5. The second-order valence-corrected chi connectivity index (χ2v) is 6.07. The normalized spacial score (nSPS) is 11.6. The number of nitrogens with one attached hydrogen (secondary N) is 2. The molecule has 0 unspecified atom stereocenters. The molecule has 0 amide bonds. The van der Waals surface area contributed by atoms with Crippen LogP contribution in [0.25, 0.3) is 12.2 Å². The van der Waals surface area contributed by atoms with Crippen molar-refractivity contribution in [3.8, 4) is 0 Å². The van der Waals surface area contributed by atoms with Gasteiger partial charge in [-0.2, -0.15) is 8.42 Å². The van der Waals surface area contributed by atoms with Gasteiger partial charge in [0.05, 0.1) is 0 Å². The first kappa shape index (κ1) is 16.1. The average Bonchev–Trinajstić information content (AvgIpc) is 2.52. The molecule has 0 aromatic heterocycles. The second kappa shape index (κ2) is 6.64. The molecule has 0 saturated carbocycles. The van der Waals surface area contributed by atoms with Gasteiger partial charge < -0.3 is 10.6 Å². The molecule has 0 aliphatic carbocycles. The van der Waals surface area contributed by atoms with Crippen molar-refractivity contribution >= 4 is 33.6 Å². The van der Waals surface area contributed by atoms with Crippen LogP contribution in [0.1, 0.15) is 11.1 Å². The smallest absolute Gasteiger partial charge is 0.295 e. The summed E-state index contributed by atoms with van der Waals surface area (Å²) in [6.45, 7) is 0. The van der Waals surface area contributed by atoms with Crippen LogP contribution in [-0.2, 0) is 10.1 Å². The molecule has 3 N–H and O–H groups in total. The first-order valence-electron chi connectivity index (χ1n) is 6.69. The highest BCUT2D eigenvalue weighted by molar-refractivity contribution is 7.86. The largest absolute Gasteiger partial charge is 0.388 e. The first-order chi connectivity index (χ1) is 10.4. The summed E-state index contributed by atoms with van der Waals surface area (Å²) in [5, 5.41) is 5.87. The predicted octanol–water partition coefficient (Wildman–Crippen LogP) is 3.19. The van der Waals surface area contributed by atoms with E-state index >= 15 is 0 Å². The maximum Gasteiger partial charge on any atom is 0.295 e. The van der Waals surface area contributed by atoms with Gasteiger partial charge in [-0.3, -0.25) is 4.55 Å². The van der Waals surface area contributed by atoms with E-state index in [1.807, 2.05) is 31.3 Å². The van der Waals surface area contributed by atoms with Gasteiger partial charge in [0.15, 0.2) is 0 Å². The zero-order valence-corrected chi connectivity index (χ0v) is 13.2. The van der Waals surface area contributed by atoms with Crippen LogP contribution < -0.4 is 10.6 Å². The summed E-state index contributed by atoms with van der Waals surface area (Å²) in [5.41, 5.74) is 2.97. The first-order valence-corrected chi connectivity index (χ1v) is 8.13. The molecule has 5 nitrogen and oxygen atoms in total. The minimum absolute atomic E-state index is 0.123. The molecule has 116 valence electrons. The van der Waals surface area contributed by atoms with Gasteiger partial charge in [0.2, 0.25) is 0 Å². The molecular weight excluding hydrogens is 300 g/mol. The van der Waals surface area contributed by atoms with Crippen LogP contribution >= 0.6 is 0 Å². The third-order valence-electron chi connectivity index (χ3n) is 3.23. The van der Waals surface area contributed by atoms with Crippen molar-refractivity contribution in [1.29, 1.82) is 0 Å². The van der Waals surface area contributed by atoms with Crippen LogP contribution in [-0.4, -0.2) is 27.1 Å². The van der Waals surface area contributed by atoms with Gasteiger partial charge in [-0.15, -0.1) is 0 Å². The van der Waals surface area contributed by atoms with E-state index in [4.69, 9.17) is 0 Å². The summed E-state index contributed by atoms with van der Waals surface area (Å²) in [5.74, 6) is 0. The Morgan fingerprint density at radius 2 is 1.50 bits per heavy atom. The molecule has 2 aromatic rings. The third kappa shape index (κ3) is 3.87. The minimum Gasteiger partial charge on any atom is -0.388 e. The molecule has 0 atom stereocenters. The van der Waals surface area contributed by atoms with E-state index in [0.29, 0.717) is 11.3 Å². The number of anilines is 2. The lowest BCUT2D eigenvalue weighted by Gasteiger charge is -2.06. The Morgan fingerprint density at radius 3 is 2.05 bits per heavy atom. The van der Waals surface area contributed by atoms with Crippen molar-refractivity contribution in [2.75, 3.05) is 24.7 Å². The Labute approximate surface area is 130 Å². The standard InChI is InChI=1S/C16H18N2O3S/c1-17-14-8-4-12(5-9-14)3-6-13-7-10-15(18-2)11-16(13)22(19,20)21/h3-11,17-18H,1-2H3,(H,19,20,21). The summed E-state index contributed by atoms with van der Waals surface area (Å²) in [6, 6.07) is 12.5. The van der Waals surface area contributed by atoms with Crippen LogP contribution in [0.15, 0.2) is 47.4 Å². The Morgan fingerprint density at radius 1 is 0.909 bits per heavy atom. The summed E-state index contributed by atoms with van der Waals surface area (Å²) < 4.78 is 32.4. The van der Waals surface area contributed by atoms with Crippen molar-refractivity contribution in [3.63, 3.8) is 0 Å². The van der Waals surface area contributed by atoms with Crippen molar-refractivity contribution in [1.82, 2.24) is 0 Å². The van der Waals surface area contributed by atoms with Crippen LogP contribution in [0.4, 0.5) is 11.4 Å². The molecule has 6 heteroatoms. The highest BCUT2D eigenvalue weighted by atomic mass is 32.2. The third-order valence-corrected chi connectivity index (χ3v) is 4.14. The molecule has 0 bridgehead atoms. The Kier molecular flexibility index (Phi) is 4.85. The fraction of sp³-hybridized carbons (Fsp3) is 0.125. The lowest BCUT2D eigenvalue weighted by Crippen LogP contribution is -2.02. The van der Waals surface area contributed by atoms with Gasteiger partial charge in [0.1, 0.15) is 4.90 Å². The lowest BCUT2D eigenvalue weighted by molar-refractivity contribution is 0.483. The van der Waals surface area contributed by atoms with Gasteiger partial charge in [-0.05, 0) is 35.4 Å². The number of hydrogen-bond acceptors (Lipinski definition) is 4. The molecule has 0 radical (unpaired) electrons. The van der Waals surface area contributed by atoms with E-state index in [1.165, 1.54) is 6.07 Å². The van der Waals surface area contributed by atoms with Crippen LogP contribution in [0.3, 0.4) is 0 Å². The highest BCUT2D eigenvalue weighted by Gasteiger charge is 2.14. The van der Waals surface area contributed by atoms with E-state index < -0.39 is 10.1 Å². The highest BCUT2D eigenvalue weighted by Crippen LogP contribution is 2.22. The van der Waals surface area contributed by atoms with Crippen molar-refractivity contribution in [3.05, 3.63) is 53.6 Å². The Balaban J connectivity index is 2.37. The SMILES string of the molecule is CNc1ccc(C=Cc2ccc(NC)cc2S(=O)(=O)O)cc1. The van der Waals surface area contributed by atoms with Crippen molar-refractivity contribution in [2.45, 2.75) is 4.90 Å². The van der Waals surface area contributed by atoms with Crippen LogP contribution in [0, 0.1) is 0 Å². The monoisotopic (exact) mass is 318 g/mol. The zero-order chi connectivity index (χ0) is 16.2. The van der Waals surface area contributed by atoms with E-state index in [9.17, 15) is 13.0 Å². The molecule has 22 heavy (non-hydrogen) atoms. The van der Waals surface area contributed by atoms with Gasteiger partial charge in [0.25, 0.3) is 10.1 Å². The van der Waals surface area contributed by atoms with Gasteiger partial charge >= 0.3 is 0 Å². The number of benzene rings is 2. The molecule has 0 fully saturated rings. The zero-order valence-electron chi connectivity index (χ0n) is 12.4. The van der Waals surface area contributed by atoms with E-state index in [1.54, 1.807) is 31.3 Å². The molecule has 0 saturated heterocycles. The second-order valence-electron chi connectivity index (χ2n) is 4.68. The van der Waals surface area contributed by atoms with Crippen molar-refractivity contribution in [2.24, 2.45) is 0 Å². The maximum atomic E-state index is 11.5. The van der Waals surface area contributed by atoms with Crippen LogP contribution in [0.5, 0.6) is 0 Å². The van der Waals surface area contributed by atoms with Crippen LogP contribution in [0.2, 0.25) is 0 Å². The van der Waals surface area contributed by atoms with Gasteiger partial charge in [-0.25, -0.2) is 0 Å². The Hall–Kier alpha value is -2.31. The van der Waals surface area contributed by atoms with E-state index in [0.717, 1.165) is 11.3 Å². The molecule has 2 rings (SSSR count). The summed E-state index contributed by atoms with van der Waals surface area (Å²) in [7, 11) is -0.760. The molecule has 0 aliphatic rings. The fourth-order valence-corrected chi connectivity index (χ4v) is 2.71. The average molecular weight is 318 g/mol. The lowest BCUT2D eigenvalue weighted by atomic mass is 10.1. The van der Waals surface area contributed by atoms with E-state index in [2.05, 4.69) is 10.6 Å². The summed E-state index contributed by atoms with van der Waals surface area (Å²) in [4.78, 5) is -0.123. The molecule has 0 spiro atoms. The molecular formula is C16H18N2O3S. The minimum atomic E-state index is -4.28. The van der Waals surface area contributed by atoms with Gasteiger partial charge in [0, 0.05) is 25.5 Å². The quantitative estimate of drug-likeness (QED) is 0.583. The number of hydrogen-bond donors (Lipinski definition) is 3. The topological polar surface area (TPSA) is 78.4 Å². The predicted molar refractivity (Wildman–Crippen MR) is 90.7 cm³/mol. The molecule has 0 aliphatic heterocycles. The summed E-state index contributed by atoms with van der Waals surface area (Å²) in [6.07, 6.45) is 3.46. The fourth-order valence-electron chi connectivity index (χ4n) is 2.00. The Bertz CT molecular complexity index is 782.